The van der Waals surface area contributed by atoms with E-state index in [1.165, 1.54) is 24.3 Å². The molecule has 38 heavy (non-hydrogen) atoms. The predicted molar refractivity (Wildman–Crippen MR) is 134 cm³/mol. The summed E-state index contributed by atoms with van der Waals surface area (Å²) in [6, 6.07) is 18.9. The van der Waals surface area contributed by atoms with Gasteiger partial charge in [-0.1, -0.05) is 30.3 Å². The van der Waals surface area contributed by atoms with Crippen molar-refractivity contribution in [2.45, 2.75) is 38.3 Å². The summed E-state index contributed by atoms with van der Waals surface area (Å²) >= 11 is 0. The zero-order valence-electron chi connectivity index (χ0n) is 20.7. The van der Waals surface area contributed by atoms with Crippen LogP contribution >= 0.6 is 0 Å². The quantitative estimate of drug-likeness (QED) is 0.315. The maximum absolute atomic E-state index is 12.3. The third kappa shape index (κ3) is 8.50. The molecule has 3 aromatic rings. The number of hydrogen-bond acceptors (Lipinski definition) is 6. The minimum absolute atomic E-state index is 0.0946. The molecule has 0 fully saturated rings. The van der Waals surface area contributed by atoms with Gasteiger partial charge >= 0.3 is 12.3 Å². The zero-order valence-corrected chi connectivity index (χ0v) is 20.7. The topological polar surface area (TPSA) is 112 Å². The molecule has 3 aromatic carbocycles. The Kier molecular flexibility index (Phi) is 8.99. The molecule has 0 amide bonds. The molecule has 0 aliphatic carbocycles. The van der Waals surface area contributed by atoms with Gasteiger partial charge in [0.05, 0.1) is 11.1 Å². The van der Waals surface area contributed by atoms with E-state index >= 15 is 0 Å². The summed E-state index contributed by atoms with van der Waals surface area (Å²) in [5.74, 6) is -1.04. The highest BCUT2D eigenvalue weighted by Crippen LogP contribution is 2.28. The van der Waals surface area contributed by atoms with Gasteiger partial charge in [-0.15, -0.1) is 13.2 Å². The molecule has 0 aliphatic heterocycles. The Hall–Kier alpha value is -4.07. The molecule has 0 radical (unpaired) electrons. The van der Waals surface area contributed by atoms with E-state index in [9.17, 15) is 28.3 Å². The third-order valence-corrected chi connectivity index (χ3v) is 5.62. The molecular weight excluding hydrogens is 501 g/mol. The summed E-state index contributed by atoms with van der Waals surface area (Å²) in [7, 11) is 0. The number of halogens is 3. The van der Waals surface area contributed by atoms with Crippen LogP contribution < -0.4 is 14.8 Å². The first-order chi connectivity index (χ1) is 17.8. The van der Waals surface area contributed by atoms with E-state index < -0.39 is 24.0 Å². The fraction of sp³-hybridized carbons (Fsp3) is 0.286. The Morgan fingerprint density at radius 3 is 2.24 bits per heavy atom. The van der Waals surface area contributed by atoms with Crippen molar-refractivity contribution < 1.29 is 37.7 Å². The van der Waals surface area contributed by atoms with Gasteiger partial charge in [0.25, 0.3) is 0 Å². The van der Waals surface area contributed by atoms with Gasteiger partial charge in [0, 0.05) is 12.1 Å². The van der Waals surface area contributed by atoms with Crippen molar-refractivity contribution in [1.82, 2.24) is 5.32 Å². The molecule has 1 unspecified atom stereocenters. The molecule has 0 saturated carbocycles. The highest BCUT2D eigenvalue weighted by atomic mass is 19.4. The molecule has 0 spiro atoms. The lowest BCUT2D eigenvalue weighted by atomic mass is 9.94. The highest BCUT2D eigenvalue weighted by Gasteiger charge is 2.31. The molecule has 3 rings (SSSR count). The van der Waals surface area contributed by atoms with Gasteiger partial charge in [0.2, 0.25) is 0 Å². The number of ether oxygens (including phenoxy) is 2. The van der Waals surface area contributed by atoms with Gasteiger partial charge in [-0.05, 0) is 73.4 Å². The molecule has 0 bridgehead atoms. The number of carboxylic acids is 1. The van der Waals surface area contributed by atoms with E-state index in [1.807, 2.05) is 13.8 Å². The van der Waals surface area contributed by atoms with E-state index in [4.69, 9.17) is 9.84 Å². The molecule has 3 N–H and O–H groups in total. The van der Waals surface area contributed by atoms with E-state index in [-0.39, 0.29) is 35.8 Å². The standard InChI is InChI=1S/C28H27F3N2O5/c1-27(2,14-18-3-11-24(12-4-18)38-28(29,30)31)33-16-23(34)17-37-25-13-21(9-10-22(25)15-32)19-5-7-20(8-6-19)26(35)36/h3-13,23,33-34H,14,16-17H2,1-2H3,(H,35,36). The lowest BCUT2D eigenvalue weighted by molar-refractivity contribution is -0.274. The summed E-state index contributed by atoms with van der Waals surface area (Å²) in [6.07, 6.45) is -5.18. The van der Waals surface area contributed by atoms with Crippen LogP contribution in [0.4, 0.5) is 13.2 Å². The number of alkyl halides is 3. The molecular formula is C28H27F3N2O5. The van der Waals surface area contributed by atoms with Gasteiger partial charge in [-0.25, -0.2) is 4.79 Å². The summed E-state index contributed by atoms with van der Waals surface area (Å²) in [6.45, 7) is 3.87. The van der Waals surface area contributed by atoms with Crippen molar-refractivity contribution in [3.63, 3.8) is 0 Å². The smallest absolute Gasteiger partial charge is 0.489 e. The van der Waals surface area contributed by atoms with Crippen molar-refractivity contribution in [2.75, 3.05) is 13.2 Å². The fourth-order valence-electron chi connectivity index (χ4n) is 3.74. The van der Waals surface area contributed by atoms with Crippen LogP contribution in [0.1, 0.15) is 35.3 Å². The zero-order chi connectivity index (χ0) is 27.9. The number of hydrogen-bond donors (Lipinski definition) is 3. The Morgan fingerprint density at radius 1 is 1.03 bits per heavy atom. The Morgan fingerprint density at radius 2 is 1.66 bits per heavy atom. The first-order valence-electron chi connectivity index (χ1n) is 11.6. The molecule has 7 nitrogen and oxygen atoms in total. The number of carboxylic acid groups (broad SMARTS) is 1. The molecule has 10 heteroatoms. The van der Waals surface area contributed by atoms with Gasteiger partial charge in [0.1, 0.15) is 30.3 Å². The lowest BCUT2D eigenvalue weighted by Crippen LogP contribution is -2.46. The third-order valence-electron chi connectivity index (χ3n) is 5.62. The van der Waals surface area contributed by atoms with E-state index in [2.05, 4.69) is 16.1 Å². The second kappa shape index (κ2) is 12.0. The van der Waals surface area contributed by atoms with E-state index in [0.717, 1.165) is 16.7 Å². The van der Waals surface area contributed by atoms with Crippen molar-refractivity contribution in [3.05, 3.63) is 83.4 Å². The molecule has 1 atom stereocenters. The van der Waals surface area contributed by atoms with Crippen molar-refractivity contribution in [3.8, 4) is 28.7 Å². The van der Waals surface area contributed by atoms with Crippen LogP contribution in [0.15, 0.2) is 66.7 Å². The SMILES string of the molecule is CC(C)(Cc1ccc(OC(F)(F)F)cc1)NCC(O)COc1cc(-c2ccc(C(=O)O)cc2)ccc1C#N. The Labute approximate surface area is 218 Å². The van der Waals surface area contributed by atoms with Crippen LogP contribution in [0.2, 0.25) is 0 Å². The van der Waals surface area contributed by atoms with Crippen LogP contribution in [-0.4, -0.2) is 47.3 Å². The van der Waals surface area contributed by atoms with E-state index in [1.54, 1.807) is 42.5 Å². The Bertz CT molecular complexity index is 1280. The highest BCUT2D eigenvalue weighted by molar-refractivity contribution is 5.88. The second-order valence-corrected chi connectivity index (χ2v) is 9.30. The number of benzene rings is 3. The number of nitrogens with one attached hydrogen (secondary N) is 1. The summed E-state index contributed by atoms with van der Waals surface area (Å²) in [4.78, 5) is 11.1. The van der Waals surface area contributed by atoms with Crippen LogP contribution in [0.25, 0.3) is 11.1 Å². The van der Waals surface area contributed by atoms with Gasteiger partial charge in [0.15, 0.2) is 0 Å². The molecule has 0 heterocycles. The second-order valence-electron chi connectivity index (χ2n) is 9.30. The average molecular weight is 529 g/mol. The maximum Gasteiger partial charge on any atom is 0.573 e. The molecule has 0 aromatic heterocycles. The normalized spacial score (nSPS) is 12.4. The van der Waals surface area contributed by atoms with Crippen molar-refractivity contribution in [1.29, 1.82) is 5.26 Å². The molecule has 0 aliphatic rings. The summed E-state index contributed by atoms with van der Waals surface area (Å²) < 4.78 is 46.6. The number of aromatic carboxylic acids is 1. The van der Waals surface area contributed by atoms with Crippen molar-refractivity contribution in [2.24, 2.45) is 0 Å². The summed E-state index contributed by atoms with van der Waals surface area (Å²) in [5, 5.41) is 32.2. The monoisotopic (exact) mass is 528 g/mol. The predicted octanol–water partition coefficient (Wildman–Crippen LogP) is 5.17. The van der Waals surface area contributed by atoms with Crippen LogP contribution in [0.5, 0.6) is 11.5 Å². The largest absolute Gasteiger partial charge is 0.573 e. The van der Waals surface area contributed by atoms with Gasteiger partial charge in [-0.3, -0.25) is 0 Å². The lowest BCUT2D eigenvalue weighted by Gasteiger charge is -2.28. The first kappa shape index (κ1) is 28.5. The number of rotatable bonds is 11. The first-order valence-corrected chi connectivity index (χ1v) is 11.6. The van der Waals surface area contributed by atoms with E-state index in [0.29, 0.717) is 6.42 Å². The van der Waals surface area contributed by atoms with Gasteiger partial charge < -0.3 is 25.0 Å². The van der Waals surface area contributed by atoms with Crippen LogP contribution in [-0.2, 0) is 6.42 Å². The number of aliphatic hydroxyl groups excluding tert-OH is 1. The van der Waals surface area contributed by atoms with Gasteiger partial charge in [-0.2, -0.15) is 5.26 Å². The number of nitrogens with zero attached hydrogens (tertiary/aromatic N) is 1. The minimum Gasteiger partial charge on any atom is -0.489 e. The summed E-state index contributed by atoms with van der Waals surface area (Å²) in [5.41, 5.74) is 2.20. The number of nitriles is 1. The fourth-order valence-corrected chi connectivity index (χ4v) is 3.74. The Balaban J connectivity index is 1.56. The number of aliphatic hydroxyl groups is 1. The number of β-amino-alcohol motifs (C(OH)–C–C–N with tert-alkyl or cyclic N) is 1. The maximum atomic E-state index is 12.3. The molecule has 0 saturated heterocycles. The van der Waals surface area contributed by atoms with Crippen molar-refractivity contribution >= 4 is 5.97 Å². The van der Waals surface area contributed by atoms with Crippen LogP contribution in [0, 0.1) is 11.3 Å². The number of carbonyl (C=O) groups is 1. The molecule has 200 valence electrons. The minimum atomic E-state index is -4.75. The average Bonchev–Trinajstić information content (AvgIpc) is 2.86. The van der Waals surface area contributed by atoms with Crippen LogP contribution in [0.3, 0.4) is 0 Å².